The number of hydrogen-bond donors (Lipinski definition) is 6. The molecule has 2 aliphatic heterocycles. The lowest BCUT2D eigenvalue weighted by molar-refractivity contribution is -0.192. The first-order chi connectivity index (χ1) is 30.1. The molecule has 6 rings (SSSR count). The van der Waals surface area contributed by atoms with Gasteiger partial charge in [0.25, 0.3) is 0 Å². The number of fused-ring (bicyclic) bond motifs is 1. The van der Waals surface area contributed by atoms with E-state index in [9.17, 15) is 47.0 Å². The number of rotatable bonds is 16. The van der Waals surface area contributed by atoms with Crippen molar-refractivity contribution in [3.05, 3.63) is 138 Å². The van der Waals surface area contributed by atoms with Crippen LogP contribution in [0.2, 0.25) is 0 Å². The van der Waals surface area contributed by atoms with Crippen molar-refractivity contribution in [3.8, 4) is 0 Å². The molecule has 1 unspecified atom stereocenters. The van der Waals surface area contributed by atoms with Crippen LogP contribution in [0.5, 0.6) is 0 Å². The number of carboxylic acid groups (broad SMARTS) is 2. The average Bonchev–Trinajstić information content (AvgIpc) is 3.63. The Morgan fingerprint density at radius 3 is 1.90 bits per heavy atom. The molecule has 2 saturated heterocycles. The molecule has 2 aliphatic rings. The van der Waals surface area contributed by atoms with Gasteiger partial charge in [-0.15, -0.1) is 0 Å². The highest BCUT2D eigenvalue weighted by Crippen LogP contribution is 2.39. The summed E-state index contributed by atoms with van der Waals surface area (Å²) < 4.78 is 31.7. The van der Waals surface area contributed by atoms with Crippen molar-refractivity contribution in [2.75, 3.05) is 0 Å². The highest BCUT2D eigenvalue weighted by atomic mass is 19.4. The van der Waals surface area contributed by atoms with Crippen molar-refractivity contribution in [2.24, 2.45) is 5.92 Å². The summed E-state index contributed by atoms with van der Waals surface area (Å²) >= 11 is 0. The monoisotopic (exact) mass is 872 g/mol. The number of nitrogens with one attached hydrogen (secondary N) is 4. The number of nitrogens with zero attached hydrogens (tertiary/aromatic N) is 2. The van der Waals surface area contributed by atoms with Crippen LogP contribution in [-0.4, -0.2) is 98.0 Å². The number of pyridine rings is 1. The highest BCUT2D eigenvalue weighted by molar-refractivity contribution is 5.97. The van der Waals surface area contributed by atoms with Crippen molar-refractivity contribution in [3.63, 3.8) is 0 Å². The summed E-state index contributed by atoms with van der Waals surface area (Å²) in [4.78, 5) is 95.4. The van der Waals surface area contributed by atoms with Gasteiger partial charge in [0, 0.05) is 31.4 Å². The fourth-order valence-electron chi connectivity index (χ4n) is 7.67. The molecule has 2 fully saturated rings. The second kappa shape index (κ2) is 22.1. The predicted octanol–water partition coefficient (Wildman–Crippen LogP) is 3.37. The molecule has 5 amide bonds. The molecule has 0 aliphatic carbocycles. The van der Waals surface area contributed by atoms with E-state index in [1.807, 2.05) is 66.7 Å². The van der Waals surface area contributed by atoms with Crippen LogP contribution in [0, 0.1) is 5.92 Å². The molecule has 3 aromatic carbocycles. The maximum atomic E-state index is 14.4. The van der Waals surface area contributed by atoms with Gasteiger partial charge in [-0.1, -0.05) is 97.1 Å². The van der Waals surface area contributed by atoms with Gasteiger partial charge in [0.1, 0.15) is 24.2 Å². The Morgan fingerprint density at radius 2 is 1.33 bits per heavy atom. The number of aliphatic carboxylic acids is 2. The van der Waals surface area contributed by atoms with Crippen molar-refractivity contribution in [1.29, 1.82) is 0 Å². The van der Waals surface area contributed by atoms with E-state index >= 15 is 0 Å². The van der Waals surface area contributed by atoms with Gasteiger partial charge in [-0.25, -0.2) is 4.79 Å². The van der Waals surface area contributed by atoms with Gasteiger partial charge >= 0.3 is 18.1 Å². The second-order valence-corrected chi connectivity index (χ2v) is 15.2. The first-order valence-electron chi connectivity index (χ1n) is 20.1. The smallest absolute Gasteiger partial charge is 0.481 e. The molecular formula is C45H47F3N6O9. The van der Waals surface area contributed by atoms with Crippen LogP contribution < -0.4 is 21.3 Å². The maximum absolute atomic E-state index is 14.4. The molecular weight excluding hydrogens is 826 g/mol. The minimum Gasteiger partial charge on any atom is -0.481 e. The number of carboxylic acids is 2. The number of alkyl halides is 3. The van der Waals surface area contributed by atoms with Gasteiger partial charge in [-0.05, 0) is 59.9 Å². The van der Waals surface area contributed by atoms with E-state index in [2.05, 4.69) is 26.3 Å². The molecule has 332 valence electrons. The standard InChI is InChI=1S/C43H46N6O7.C2HF3O2/c50-38(23-29-13-6-2-7-14-29)46-33-18-19-36-32(21-28-11-4-1-5-12-28)24-37(49(36)43(33)56)42(55)48-34(22-31-17-10-20-44-26-31)41(54)47-35(25-39(51)52)40(53)45-27-30-15-8-3-9-16-30;3-2(4,5)1(6)7/h1-17,20,26,32-37H,18-19,21-25,27H2,(H,45,53)(H,46,50)(H,47,54)(H,48,55)(H,51,52);(H,6,7)/t32-,33-,34+,35-,36?,37+;/m1./s1. The number of benzene rings is 3. The predicted molar refractivity (Wildman–Crippen MR) is 220 cm³/mol. The lowest BCUT2D eigenvalue weighted by Crippen LogP contribution is -2.61. The van der Waals surface area contributed by atoms with Gasteiger partial charge in [0.2, 0.25) is 29.5 Å². The third kappa shape index (κ3) is 14.0. The number of aromatic nitrogens is 1. The minimum atomic E-state index is -5.08. The lowest BCUT2D eigenvalue weighted by Gasteiger charge is -2.39. The molecule has 0 saturated carbocycles. The second-order valence-electron chi connectivity index (χ2n) is 15.2. The fourth-order valence-corrected chi connectivity index (χ4v) is 7.67. The zero-order chi connectivity index (χ0) is 45.5. The van der Waals surface area contributed by atoms with Crippen molar-refractivity contribution >= 4 is 41.5 Å². The highest BCUT2D eigenvalue weighted by Gasteiger charge is 2.51. The molecule has 3 heterocycles. The summed E-state index contributed by atoms with van der Waals surface area (Å²) in [6, 6.07) is 26.8. The van der Waals surface area contributed by atoms with Crippen LogP contribution in [-0.2, 0) is 59.4 Å². The number of hydrogen-bond acceptors (Lipinski definition) is 8. The van der Waals surface area contributed by atoms with Gasteiger partial charge in [-0.2, -0.15) is 13.2 Å². The van der Waals surface area contributed by atoms with E-state index in [0.717, 1.165) is 16.7 Å². The van der Waals surface area contributed by atoms with E-state index in [4.69, 9.17) is 9.90 Å². The molecule has 4 aromatic rings. The van der Waals surface area contributed by atoms with Crippen LogP contribution in [0.1, 0.15) is 47.9 Å². The fraction of sp³-hybridized carbons (Fsp3) is 0.333. The average molecular weight is 873 g/mol. The van der Waals surface area contributed by atoms with Crippen LogP contribution in [0.15, 0.2) is 116 Å². The third-order valence-corrected chi connectivity index (χ3v) is 10.6. The van der Waals surface area contributed by atoms with Gasteiger partial charge < -0.3 is 36.4 Å². The molecule has 6 atom stereocenters. The summed E-state index contributed by atoms with van der Waals surface area (Å²) in [6.07, 6.45) is -0.636. The lowest BCUT2D eigenvalue weighted by atomic mass is 9.86. The molecule has 1 aromatic heterocycles. The number of amides is 5. The minimum absolute atomic E-state index is 0.0213. The Labute approximate surface area is 360 Å². The largest absolute Gasteiger partial charge is 0.490 e. The Balaban J connectivity index is 0.000000985. The third-order valence-electron chi connectivity index (χ3n) is 10.6. The topological polar surface area (TPSA) is 224 Å². The number of halogens is 3. The first-order valence-corrected chi connectivity index (χ1v) is 20.1. The van der Waals surface area contributed by atoms with Gasteiger partial charge in [0.05, 0.1) is 12.8 Å². The van der Waals surface area contributed by atoms with E-state index in [1.54, 1.807) is 53.7 Å². The van der Waals surface area contributed by atoms with Gasteiger partial charge in [0.15, 0.2) is 0 Å². The molecule has 63 heavy (non-hydrogen) atoms. The Hall–Kier alpha value is -7.11. The summed E-state index contributed by atoms with van der Waals surface area (Å²) in [5.74, 6) is -6.82. The molecule has 0 bridgehead atoms. The zero-order valence-corrected chi connectivity index (χ0v) is 33.9. The summed E-state index contributed by atoms with van der Waals surface area (Å²) in [6.45, 7) is 0.117. The summed E-state index contributed by atoms with van der Waals surface area (Å²) in [5, 5.41) is 27.8. The SMILES string of the molecule is O=C(O)C(F)(F)F.O=C(O)C[C@@H](NC(=O)[C@H](Cc1cccnc1)NC(=O)[C@@H]1C[C@@H](Cc2ccccc2)C2CC[C@@H](NC(=O)Cc3ccccc3)C(=O)N21)C(=O)NCc1ccccc1. The first kappa shape index (κ1) is 46.9. The Bertz CT molecular complexity index is 2200. The van der Waals surface area contributed by atoms with Crippen molar-refractivity contribution in [2.45, 2.75) is 87.9 Å². The van der Waals surface area contributed by atoms with Crippen LogP contribution in [0.25, 0.3) is 0 Å². The van der Waals surface area contributed by atoms with Crippen molar-refractivity contribution in [1.82, 2.24) is 31.2 Å². The van der Waals surface area contributed by atoms with Gasteiger partial charge in [-0.3, -0.25) is 33.8 Å². The molecule has 18 heteroatoms. The summed E-state index contributed by atoms with van der Waals surface area (Å²) in [5.41, 5.74) is 3.27. The van der Waals surface area contributed by atoms with E-state index in [-0.39, 0.29) is 43.2 Å². The zero-order valence-electron chi connectivity index (χ0n) is 33.9. The van der Waals surface area contributed by atoms with Crippen LogP contribution >= 0.6 is 0 Å². The van der Waals surface area contributed by atoms with E-state index in [0.29, 0.717) is 31.2 Å². The molecule has 15 nitrogen and oxygen atoms in total. The normalized spacial score (nSPS) is 18.9. The number of piperidine rings is 1. The maximum Gasteiger partial charge on any atom is 0.490 e. The van der Waals surface area contributed by atoms with Crippen LogP contribution in [0.4, 0.5) is 13.2 Å². The van der Waals surface area contributed by atoms with E-state index in [1.165, 1.54) is 0 Å². The molecule has 0 spiro atoms. The number of carbonyl (C=O) groups is 7. The van der Waals surface area contributed by atoms with Crippen LogP contribution in [0.3, 0.4) is 0 Å². The van der Waals surface area contributed by atoms with Crippen molar-refractivity contribution < 1.29 is 56.9 Å². The molecule has 0 radical (unpaired) electrons. The Morgan fingerprint density at radius 1 is 0.746 bits per heavy atom. The Kier molecular flexibility index (Phi) is 16.5. The molecule has 6 N–H and O–H groups in total. The summed E-state index contributed by atoms with van der Waals surface area (Å²) in [7, 11) is 0. The quantitative estimate of drug-likeness (QED) is 0.0963. The van der Waals surface area contributed by atoms with E-state index < -0.39 is 66.4 Å². The number of carbonyl (C=O) groups excluding carboxylic acids is 5.